The van der Waals surface area contributed by atoms with Gasteiger partial charge in [-0.05, 0) is 37.3 Å². The minimum Gasteiger partial charge on any atom is -0.468 e. The number of benzene rings is 1. The molecule has 1 aromatic rings. The number of rotatable bonds is 4. The summed E-state index contributed by atoms with van der Waals surface area (Å²) >= 11 is 0. The minimum absolute atomic E-state index is 0.0448. The highest BCUT2D eigenvalue weighted by Crippen LogP contribution is 2.39. The van der Waals surface area contributed by atoms with Crippen LogP contribution in [0.4, 0.5) is 14.5 Å². The molecule has 1 N–H and O–H groups in total. The van der Waals surface area contributed by atoms with E-state index in [0.29, 0.717) is 12.3 Å². The van der Waals surface area contributed by atoms with Gasteiger partial charge >= 0.3 is 5.97 Å². The average molecular weight is 352 g/mol. The minimum atomic E-state index is -0.698. The molecule has 1 aromatic carbocycles. The topological polar surface area (TPSA) is 58.6 Å². The third-order valence-corrected chi connectivity index (χ3v) is 5.22. The number of nitrogens with zero attached hydrogens (tertiary/aromatic N) is 1. The molecule has 25 heavy (non-hydrogen) atoms. The van der Waals surface area contributed by atoms with Crippen molar-refractivity contribution in [3.63, 3.8) is 0 Å². The molecule has 1 saturated heterocycles. The monoisotopic (exact) mass is 352 g/mol. The molecule has 1 aliphatic heterocycles. The van der Waals surface area contributed by atoms with E-state index in [-0.39, 0.29) is 24.2 Å². The van der Waals surface area contributed by atoms with E-state index < -0.39 is 23.6 Å². The van der Waals surface area contributed by atoms with Crippen molar-refractivity contribution in [1.29, 1.82) is 0 Å². The molecule has 1 heterocycles. The maximum Gasteiger partial charge on any atom is 0.323 e. The summed E-state index contributed by atoms with van der Waals surface area (Å²) in [6.45, 7) is -0.0448. The van der Waals surface area contributed by atoms with Crippen LogP contribution in [0.25, 0.3) is 0 Å². The molecule has 5 nitrogen and oxygen atoms in total. The summed E-state index contributed by atoms with van der Waals surface area (Å²) in [5.41, 5.74) is -0.195. The summed E-state index contributed by atoms with van der Waals surface area (Å²) in [5.74, 6) is -1.77. The first-order valence-electron chi connectivity index (χ1n) is 8.58. The zero-order valence-electron chi connectivity index (χ0n) is 14.1. The second-order valence-electron chi connectivity index (χ2n) is 6.73. The van der Waals surface area contributed by atoms with Crippen molar-refractivity contribution < 1.29 is 23.1 Å². The van der Waals surface area contributed by atoms with Crippen molar-refractivity contribution in [3.05, 3.63) is 29.8 Å². The van der Waals surface area contributed by atoms with Gasteiger partial charge in [0.2, 0.25) is 5.91 Å². The quantitative estimate of drug-likeness (QED) is 0.847. The van der Waals surface area contributed by atoms with Crippen molar-refractivity contribution in [2.75, 3.05) is 19.0 Å². The summed E-state index contributed by atoms with van der Waals surface area (Å²) in [5, 5.41) is 2.40. The molecule has 3 atom stereocenters. The molecular weight excluding hydrogens is 330 g/mol. The molecule has 1 aliphatic carbocycles. The van der Waals surface area contributed by atoms with Crippen LogP contribution in [-0.2, 0) is 14.3 Å². The second kappa shape index (κ2) is 7.47. The summed E-state index contributed by atoms with van der Waals surface area (Å²) in [7, 11) is 1.34. The molecule has 2 fully saturated rings. The summed E-state index contributed by atoms with van der Waals surface area (Å²) in [4.78, 5) is 26.3. The molecule has 0 unspecified atom stereocenters. The molecule has 0 radical (unpaired) electrons. The molecular formula is C18H22F2N2O3. The van der Waals surface area contributed by atoms with Gasteiger partial charge in [0, 0.05) is 12.1 Å². The fourth-order valence-corrected chi connectivity index (χ4v) is 4.10. The number of fused-ring (bicyclic) bond motifs is 1. The highest BCUT2D eigenvalue weighted by atomic mass is 19.1. The number of esters is 1. The molecule has 136 valence electrons. The molecule has 0 bridgehead atoms. The van der Waals surface area contributed by atoms with Crippen LogP contribution in [0.3, 0.4) is 0 Å². The van der Waals surface area contributed by atoms with Gasteiger partial charge in [-0.3, -0.25) is 14.5 Å². The lowest BCUT2D eigenvalue weighted by Gasteiger charge is -2.32. The molecule has 3 rings (SSSR count). The zero-order valence-corrected chi connectivity index (χ0v) is 14.1. The Bertz CT molecular complexity index is 668. The molecule has 1 saturated carbocycles. The smallest absolute Gasteiger partial charge is 0.323 e. The number of amides is 1. The lowest BCUT2D eigenvalue weighted by Crippen LogP contribution is -2.46. The summed E-state index contributed by atoms with van der Waals surface area (Å²) in [6.07, 6.45) is 4.84. The Morgan fingerprint density at radius 3 is 2.80 bits per heavy atom. The van der Waals surface area contributed by atoms with Gasteiger partial charge in [0.15, 0.2) is 0 Å². The number of carbonyl (C=O) groups excluding carboxylic acids is 2. The van der Waals surface area contributed by atoms with Gasteiger partial charge in [-0.15, -0.1) is 0 Å². The number of ether oxygens (including phenoxy) is 1. The first kappa shape index (κ1) is 17.8. The average Bonchev–Trinajstić information content (AvgIpc) is 2.96. The summed E-state index contributed by atoms with van der Waals surface area (Å²) < 4.78 is 31.8. The van der Waals surface area contributed by atoms with Crippen LogP contribution in [0.15, 0.2) is 18.2 Å². The Labute approximate surface area is 145 Å². The first-order chi connectivity index (χ1) is 12.0. The van der Waals surface area contributed by atoms with Crippen molar-refractivity contribution in [2.24, 2.45) is 5.92 Å². The van der Waals surface area contributed by atoms with Gasteiger partial charge in [-0.25, -0.2) is 8.78 Å². The second-order valence-corrected chi connectivity index (χ2v) is 6.73. The van der Waals surface area contributed by atoms with Crippen LogP contribution in [-0.4, -0.2) is 42.5 Å². The SMILES string of the molecule is COC(=O)[C@@H]1C[C@H]2CCCC[C@@H]2N1CC(=O)Nc1cc(F)ccc1F. The van der Waals surface area contributed by atoms with Crippen molar-refractivity contribution in [3.8, 4) is 0 Å². The van der Waals surface area contributed by atoms with E-state index in [4.69, 9.17) is 4.74 Å². The maximum absolute atomic E-state index is 13.7. The predicted octanol–water partition coefficient (Wildman–Crippen LogP) is 2.71. The number of nitrogens with one attached hydrogen (secondary N) is 1. The third kappa shape index (κ3) is 3.81. The van der Waals surface area contributed by atoms with Gasteiger partial charge in [0.25, 0.3) is 0 Å². The van der Waals surface area contributed by atoms with Gasteiger partial charge in [-0.2, -0.15) is 0 Å². The number of hydrogen-bond donors (Lipinski definition) is 1. The third-order valence-electron chi connectivity index (χ3n) is 5.22. The molecule has 1 amide bonds. The van der Waals surface area contributed by atoms with E-state index >= 15 is 0 Å². The van der Waals surface area contributed by atoms with Crippen molar-refractivity contribution in [2.45, 2.75) is 44.2 Å². The van der Waals surface area contributed by atoms with E-state index in [2.05, 4.69) is 5.32 Å². The predicted molar refractivity (Wildman–Crippen MR) is 87.9 cm³/mol. The molecule has 0 aromatic heterocycles. The first-order valence-corrected chi connectivity index (χ1v) is 8.58. The number of hydrogen-bond acceptors (Lipinski definition) is 4. The van der Waals surface area contributed by atoms with Crippen molar-refractivity contribution >= 4 is 17.6 Å². The molecule has 2 aliphatic rings. The largest absolute Gasteiger partial charge is 0.468 e. The highest BCUT2D eigenvalue weighted by molar-refractivity contribution is 5.93. The van der Waals surface area contributed by atoms with Crippen LogP contribution in [0.5, 0.6) is 0 Å². The molecule has 7 heteroatoms. The highest BCUT2D eigenvalue weighted by Gasteiger charge is 2.46. The fourth-order valence-electron chi connectivity index (χ4n) is 4.10. The lowest BCUT2D eigenvalue weighted by molar-refractivity contribution is -0.146. The van der Waals surface area contributed by atoms with Gasteiger partial charge in [0.1, 0.15) is 17.7 Å². The molecule has 0 spiro atoms. The van der Waals surface area contributed by atoms with E-state index in [1.165, 1.54) is 7.11 Å². The van der Waals surface area contributed by atoms with Crippen LogP contribution >= 0.6 is 0 Å². The Balaban J connectivity index is 1.72. The van der Waals surface area contributed by atoms with E-state index in [9.17, 15) is 18.4 Å². The van der Waals surface area contributed by atoms with E-state index in [1.807, 2.05) is 4.90 Å². The van der Waals surface area contributed by atoms with Gasteiger partial charge < -0.3 is 10.1 Å². The lowest BCUT2D eigenvalue weighted by atomic mass is 9.85. The van der Waals surface area contributed by atoms with Crippen LogP contribution in [0, 0.1) is 17.6 Å². The Morgan fingerprint density at radius 1 is 1.28 bits per heavy atom. The van der Waals surface area contributed by atoms with Gasteiger partial charge in [-0.1, -0.05) is 12.8 Å². The number of methoxy groups -OCH3 is 1. The fraction of sp³-hybridized carbons (Fsp3) is 0.556. The summed E-state index contributed by atoms with van der Waals surface area (Å²) in [6, 6.07) is 2.60. The number of anilines is 1. The number of halogens is 2. The van der Waals surface area contributed by atoms with E-state index in [1.54, 1.807) is 0 Å². The van der Waals surface area contributed by atoms with Crippen LogP contribution in [0.2, 0.25) is 0 Å². The Morgan fingerprint density at radius 2 is 2.04 bits per heavy atom. The van der Waals surface area contributed by atoms with Crippen molar-refractivity contribution in [1.82, 2.24) is 4.90 Å². The van der Waals surface area contributed by atoms with E-state index in [0.717, 1.165) is 43.9 Å². The van der Waals surface area contributed by atoms with Gasteiger partial charge in [0.05, 0.1) is 19.3 Å². The number of carbonyl (C=O) groups is 2. The van der Waals surface area contributed by atoms with Crippen LogP contribution in [0.1, 0.15) is 32.1 Å². The Hall–Kier alpha value is -2.02. The zero-order chi connectivity index (χ0) is 18.0. The maximum atomic E-state index is 13.7. The standard InChI is InChI=1S/C18H22F2N2O3/c1-25-18(24)16-8-11-4-2-3-5-15(11)22(16)10-17(23)21-14-9-12(19)6-7-13(14)20/h6-7,9,11,15-16H,2-5,8,10H2,1H3,(H,21,23)/t11-,15+,16+/m1/s1. The van der Waals surface area contributed by atoms with Crippen LogP contribution < -0.4 is 5.32 Å². The Kier molecular flexibility index (Phi) is 5.32. The normalized spacial score (nSPS) is 26.1. The number of likely N-dealkylation sites (tertiary alicyclic amines) is 1.